The predicted octanol–water partition coefficient (Wildman–Crippen LogP) is 3.82. The van der Waals surface area contributed by atoms with Crippen LogP contribution in [0.5, 0.6) is 5.75 Å². The van der Waals surface area contributed by atoms with Gasteiger partial charge in [0.2, 0.25) is 0 Å². The Hall–Kier alpha value is -2.82. The number of rotatable bonds is 6. The monoisotopic (exact) mass is 367 g/mol. The molecular weight excluding hydrogens is 342 g/mol. The highest BCUT2D eigenvalue weighted by Gasteiger charge is 2.26. The number of hydrogen-bond donors (Lipinski definition) is 1. The summed E-state index contributed by atoms with van der Waals surface area (Å²) in [5.74, 6) is -0.400. The topological polar surface area (TPSA) is 64.6 Å². The zero-order chi connectivity index (χ0) is 19.2. The van der Waals surface area contributed by atoms with Crippen LogP contribution in [-0.4, -0.2) is 24.6 Å². The summed E-state index contributed by atoms with van der Waals surface area (Å²) in [5.41, 5.74) is 2.74. The maximum atomic E-state index is 12.6. The number of esters is 1. The summed E-state index contributed by atoms with van der Waals surface area (Å²) in [6.45, 7) is 3.88. The van der Waals surface area contributed by atoms with Gasteiger partial charge in [0, 0.05) is 0 Å². The molecular formula is C22H25NO4. The molecule has 0 saturated heterocycles. The number of aryl methyl sites for hydroxylation is 1. The third-order valence-corrected chi connectivity index (χ3v) is 4.75. The van der Waals surface area contributed by atoms with Gasteiger partial charge in [-0.15, -0.1) is 0 Å². The van der Waals surface area contributed by atoms with Gasteiger partial charge in [-0.2, -0.15) is 0 Å². The molecule has 0 spiro atoms. The highest BCUT2D eigenvalue weighted by atomic mass is 16.5. The van der Waals surface area contributed by atoms with Crippen LogP contribution in [0.1, 0.15) is 54.2 Å². The molecule has 2 atom stereocenters. The standard InChI is InChI=1S/C22H25NO4/c1-3-26-20-14-7-6-12-18(20)22(25)27-15(2)21(24)23-19-13-8-10-16-9-4-5-11-17(16)19/h4-7,9,11-12,14-15,19H,3,8,10,13H2,1-2H3,(H,23,24)/t15-,19+/m1/s1. The van der Waals surface area contributed by atoms with Crippen molar-refractivity contribution in [3.63, 3.8) is 0 Å². The van der Waals surface area contributed by atoms with E-state index in [1.807, 2.05) is 19.1 Å². The van der Waals surface area contributed by atoms with E-state index < -0.39 is 12.1 Å². The minimum absolute atomic E-state index is 0.0423. The number of ether oxygens (including phenoxy) is 2. The fourth-order valence-electron chi connectivity index (χ4n) is 3.39. The minimum Gasteiger partial charge on any atom is -0.493 e. The molecule has 0 bridgehead atoms. The van der Waals surface area contributed by atoms with Gasteiger partial charge in [-0.1, -0.05) is 36.4 Å². The van der Waals surface area contributed by atoms with E-state index in [4.69, 9.17) is 9.47 Å². The Morgan fingerprint density at radius 3 is 2.70 bits per heavy atom. The Morgan fingerprint density at radius 1 is 1.15 bits per heavy atom. The van der Waals surface area contributed by atoms with Crippen LogP contribution in [0.3, 0.4) is 0 Å². The summed E-state index contributed by atoms with van der Waals surface area (Å²) < 4.78 is 10.8. The third kappa shape index (κ3) is 4.48. The lowest BCUT2D eigenvalue weighted by molar-refractivity contribution is -0.130. The molecule has 0 radical (unpaired) electrons. The van der Waals surface area contributed by atoms with Crippen molar-refractivity contribution in [3.05, 3.63) is 65.2 Å². The van der Waals surface area contributed by atoms with Gasteiger partial charge in [-0.05, 0) is 56.4 Å². The van der Waals surface area contributed by atoms with Gasteiger partial charge in [0.05, 0.1) is 12.6 Å². The molecule has 3 rings (SSSR count). The summed E-state index contributed by atoms with van der Waals surface area (Å²) in [4.78, 5) is 25.0. The first-order chi connectivity index (χ1) is 13.1. The summed E-state index contributed by atoms with van der Waals surface area (Å²) in [6, 6.07) is 15.0. The number of nitrogens with one attached hydrogen (secondary N) is 1. The van der Waals surface area contributed by atoms with Crippen LogP contribution < -0.4 is 10.1 Å². The summed E-state index contributed by atoms with van der Waals surface area (Å²) in [7, 11) is 0. The van der Waals surface area contributed by atoms with Crippen LogP contribution in [0.25, 0.3) is 0 Å². The highest BCUT2D eigenvalue weighted by Crippen LogP contribution is 2.29. The second kappa shape index (κ2) is 8.71. The third-order valence-electron chi connectivity index (χ3n) is 4.75. The van der Waals surface area contributed by atoms with Crippen molar-refractivity contribution in [2.45, 2.75) is 45.3 Å². The number of fused-ring (bicyclic) bond motifs is 1. The molecule has 2 aromatic carbocycles. The van der Waals surface area contributed by atoms with E-state index in [0.717, 1.165) is 24.8 Å². The first-order valence-electron chi connectivity index (χ1n) is 9.41. The molecule has 0 aliphatic heterocycles. The number of amides is 1. The van der Waals surface area contributed by atoms with Crippen LogP contribution >= 0.6 is 0 Å². The van der Waals surface area contributed by atoms with Crippen LogP contribution in [0, 0.1) is 0 Å². The average molecular weight is 367 g/mol. The van der Waals surface area contributed by atoms with E-state index in [2.05, 4.69) is 17.4 Å². The second-order valence-corrected chi connectivity index (χ2v) is 6.63. The van der Waals surface area contributed by atoms with Crippen molar-refractivity contribution in [1.82, 2.24) is 5.32 Å². The van der Waals surface area contributed by atoms with Crippen LogP contribution in [-0.2, 0) is 16.0 Å². The first-order valence-corrected chi connectivity index (χ1v) is 9.41. The quantitative estimate of drug-likeness (QED) is 0.788. The first kappa shape index (κ1) is 19.0. The fourth-order valence-corrected chi connectivity index (χ4v) is 3.39. The predicted molar refractivity (Wildman–Crippen MR) is 103 cm³/mol. The molecule has 142 valence electrons. The molecule has 5 heteroatoms. The van der Waals surface area contributed by atoms with Crippen molar-refractivity contribution < 1.29 is 19.1 Å². The van der Waals surface area contributed by atoms with Crippen molar-refractivity contribution in [2.24, 2.45) is 0 Å². The van der Waals surface area contributed by atoms with Crippen molar-refractivity contribution in [2.75, 3.05) is 6.61 Å². The van der Waals surface area contributed by atoms with E-state index in [9.17, 15) is 9.59 Å². The van der Waals surface area contributed by atoms with E-state index in [1.165, 1.54) is 5.56 Å². The van der Waals surface area contributed by atoms with Crippen LogP contribution in [0.4, 0.5) is 0 Å². The molecule has 1 N–H and O–H groups in total. The zero-order valence-electron chi connectivity index (χ0n) is 15.7. The van der Waals surface area contributed by atoms with E-state index >= 15 is 0 Å². The van der Waals surface area contributed by atoms with Crippen molar-refractivity contribution in [3.8, 4) is 5.75 Å². The van der Waals surface area contributed by atoms with Gasteiger partial charge in [-0.25, -0.2) is 4.79 Å². The summed E-state index contributed by atoms with van der Waals surface area (Å²) in [6.07, 6.45) is 2.05. The molecule has 5 nitrogen and oxygen atoms in total. The minimum atomic E-state index is -0.888. The van der Waals surface area contributed by atoms with Gasteiger partial charge in [0.1, 0.15) is 11.3 Å². The van der Waals surface area contributed by atoms with Crippen molar-refractivity contribution >= 4 is 11.9 Å². The fraction of sp³-hybridized carbons (Fsp3) is 0.364. The number of benzene rings is 2. The molecule has 1 amide bonds. The van der Waals surface area contributed by atoms with Gasteiger partial charge in [0.15, 0.2) is 6.10 Å². The van der Waals surface area contributed by atoms with Gasteiger partial charge < -0.3 is 14.8 Å². The average Bonchev–Trinajstić information content (AvgIpc) is 2.69. The Morgan fingerprint density at radius 2 is 1.89 bits per heavy atom. The second-order valence-electron chi connectivity index (χ2n) is 6.63. The normalized spacial score (nSPS) is 16.7. The summed E-state index contributed by atoms with van der Waals surface area (Å²) in [5, 5.41) is 3.02. The Bertz CT molecular complexity index is 817. The van der Waals surface area contributed by atoms with Crippen molar-refractivity contribution in [1.29, 1.82) is 0 Å². The molecule has 0 saturated carbocycles. The smallest absolute Gasteiger partial charge is 0.342 e. The number of carbonyl (C=O) groups is 2. The lowest BCUT2D eigenvalue weighted by Gasteiger charge is -2.27. The SMILES string of the molecule is CCOc1ccccc1C(=O)O[C@H](C)C(=O)N[C@H]1CCCc2ccccc21. The number of carbonyl (C=O) groups excluding carboxylic acids is 2. The largest absolute Gasteiger partial charge is 0.493 e. The Labute approximate surface area is 159 Å². The summed E-state index contributed by atoms with van der Waals surface area (Å²) >= 11 is 0. The lowest BCUT2D eigenvalue weighted by Crippen LogP contribution is -2.39. The van der Waals surface area contributed by atoms with Crippen LogP contribution in [0.15, 0.2) is 48.5 Å². The zero-order valence-corrected chi connectivity index (χ0v) is 15.7. The van der Waals surface area contributed by atoms with Crippen LogP contribution in [0.2, 0.25) is 0 Å². The molecule has 0 fully saturated rings. The maximum Gasteiger partial charge on any atom is 0.342 e. The molecule has 0 heterocycles. The van der Waals surface area contributed by atoms with E-state index in [0.29, 0.717) is 17.9 Å². The molecule has 27 heavy (non-hydrogen) atoms. The molecule has 1 aliphatic carbocycles. The van der Waals surface area contributed by atoms with E-state index in [-0.39, 0.29) is 11.9 Å². The Balaban J connectivity index is 1.64. The van der Waals surface area contributed by atoms with Gasteiger partial charge in [-0.3, -0.25) is 4.79 Å². The molecule has 1 aliphatic rings. The highest BCUT2D eigenvalue weighted by molar-refractivity contribution is 5.94. The lowest BCUT2D eigenvalue weighted by atomic mass is 9.87. The van der Waals surface area contributed by atoms with E-state index in [1.54, 1.807) is 31.2 Å². The Kier molecular flexibility index (Phi) is 6.12. The number of hydrogen-bond acceptors (Lipinski definition) is 4. The van der Waals surface area contributed by atoms with Gasteiger partial charge >= 0.3 is 5.97 Å². The molecule has 0 unspecified atom stereocenters. The maximum absolute atomic E-state index is 12.6. The number of para-hydroxylation sites is 1. The molecule has 0 aromatic heterocycles. The van der Waals surface area contributed by atoms with Gasteiger partial charge in [0.25, 0.3) is 5.91 Å². The molecule has 2 aromatic rings.